The summed E-state index contributed by atoms with van der Waals surface area (Å²) in [6.45, 7) is 5.87. The highest BCUT2D eigenvalue weighted by atomic mass is 35.5. The van der Waals surface area contributed by atoms with Gasteiger partial charge in [-0.05, 0) is 54.7 Å². The van der Waals surface area contributed by atoms with E-state index in [1.807, 2.05) is 68.4 Å². The zero-order chi connectivity index (χ0) is 29.3. The SMILES string of the molecule is CCCCNC(=O)[C@@H](Cc1ccccc1)N(Cc1ccccc1C)C(=O)CN(c1cccc(Cl)c1C)S(C)(=O)=O. The first-order chi connectivity index (χ1) is 19.0. The number of amides is 2. The summed E-state index contributed by atoms with van der Waals surface area (Å²) in [4.78, 5) is 29.3. The summed E-state index contributed by atoms with van der Waals surface area (Å²) in [7, 11) is -3.86. The molecule has 7 nitrogen and oxygen atoms in total. The average Bonchev–Trinajstić information content (AvgIpc) is 2.92. The third-order valence-corrected chi connectivity index (χ3v) is 8.43. The van der Waals surface area contributed by atoms with Crippen LogP contribution in [0.25, 0.3) is 0 Å². The number of aryl methyl sites for hydroxylation is 1. The van der Waals surface area contributed by atoms with Crippen molar-refractivity contribution in [2.45, 2.75) is 52.6 Å². The van der Waals surface area contributed by atoms with Gasteiger partial charge in [-0.3, -0.25) is 13.9 Å². The van der Waals surface area contributed by atoms with E-state index in [1.165, 1.54) is 4.90 Å². The molecule has 0 spiro atoms. The van der Waals surface area contributed by atoms with Gasteiger partial charge in [0.25, 0.3) is 0 Å². The molecule has 9 heteroatoms. The highest BCUT2D eigenvalue weighted by Gasteiger charge is 2.33. The van der Waals surface area contributed by atoms with Crippen molar-refractivity contribution in [3.05, 3.63) is 100 Å². The molecule has 1 atom stereocenters. The summed E-state index contributed by atoms with van der Waals surface area (Å²) in [5.41, 5.74) is 3.61. The summed E-state index contributed by atoms with van der Waals surface area (Å²) in [6.07, 6.45) is 3.07. The van der Waals surface area contributed by atoms with Crippen LogP contribution in [-0.4, -0.2) is 50.5 Å². The van der Waals surface area contributed by atoms with E-state index in [-0.39, 0.29) is 18.9 Å². The van der Waals surface area contributed by atoms with Gasteiger partial charge in [0.1, 0.15) is 12.6 Å². The molecule has 3 rings (SSSR count). The van der Waals surface area contributed by atoms with Gasteiger partial charge in [-0.15, -0.1) is 0 Å². The molecule has 0 saturated carbocycles. The van der Waals surface area contributed by atoms with Crippen LogP contribution in [0.5, 0.6) is 0 Å². The maximum atomic E-state index is 14.2. The Morgan fingerprint density at radius 3 is 2.27 bits per heavy atom. The lowest BCUT2D eigenvalue weighted by atomic mass is 10.0. The second-order valence-electron chi connectivity index (χ2n) is 9.95. The van der Waals surface area contributed by atoms with Gasteiger partial charge in [0.15, 0.2) is 0 Å². The van der Waals surface area contributed by atoms with Crippen LogP contribution in [-0.2, 0) is 32.6 Å². The number of unbranched alkanes of at least 4 members (excludes halogenated alkanes) is 1. The molecule has 2 amide bonds. The van der Waals surface area contributed by atoms with Crippen LogP contribution < -0.4 is 9.62 Å². The van der Waals surface area contributed by atoms with Crippen molar-refractivity contribution in [3.8, 4) is 0 Å². The van der Waals surface area contributed by atoms with Gasteiger partial charge in [-0.2, -0.15) is 0 Å². The lowest BCUT2D eigenvalue weighted by molar-refractivity contribution is -0.140. The quantitative estimate of drug-likeness (QED) is 0.277. The molecule has 0 heterocycles. The smallest absolute Gasteiger partial charge is 0.244 e. The molecule has 0 bridgehead atoms. The Morgan fingerprint density at radius 2 is 1.62 bits per heavy atom. The molecule has 0 aliphatic carbocycles. The zero-order valence-corrected chi connectivity index (χ0v) is 25.1. The van der Waals surface area contributed by atoms with Crippen LogP contribution in [0.3, 0.4) is 0 Å². The first kappa shape index (κ1) is 31.2. The molecule has 214 valence electrons. The van der Waals surface area contributed by atoms with Crippen LogP contribution >= 0.6 is 11.6 Å². The lowest BCUT2D eigenvalue weighted by Gasteiger charge is -2.34. The van der Waals surface area contributed by atoms with E-state index in [0.717, 1.165) is 40.1 Å². The molecule has 40 heavy (non-hydrogen) atoms. The van der Waals surface area contributed by atoms with Crippen molar-refractivity contribution in [3.63, 3.8) is 0 Å². The molecular formula is C31H38ClN3O4S. The van der Waals surface area contributed by atoms with Gasteiger partial charge >= 0.3 is 0 Å². The monoisotopic (exact) mass is 583 g/mol. The number of rotatable bonds is 13. The minimum Gasteiger partial charge on any atom is -0.354 e. The molecule has 0 fully saturated rings. The first-order valence-electron chi connectivity index (χ1n) is 13.4. The minimum atomic E-state index is -3.86. The van der Waals surface area contributed by atoms with Crippen LogP contribution in [0.2, 0.25) is 5.02 Å². The van der Waals surface area contributed by atoms with E-state index >= 15 is 0 Å². The predicted octanol–water partition coefficient (Wildman–Crippen LogP) is 5.28. The van der Waals surface area contributed by atoms with Gasteiger partial charge < -0.3 is 10.2 Å². The average molecular weight is 584 g/mol. The van der Waals surface area contributed by atoms with Gasteiger partial charge in [0.05, 0.1) is 11.9 Å². The number of carbonyl (C=O) groups is 2. The fourth-order valence-electron chi connectivity index (χ4n) is 4.49. The van der Waals surface area contributed by atoms with Crippen LogP contribution in [0.1, 0.15) is 42.0 Å². The summed E-state index contributed by atoms with van der Waals surface area (Å²) in [5.74, 6) is -0.760. The summed E-state index contributed by atoms with van der Waals surface area (Å²) < 4.78 is 27.0. The van der Waals surface area contributed by atoms with Crippen molar-refractivity contribution in [2.24, 2.45) is 0 Å². The molecule has 0 saturated heterocycles. The number of anilines is 1. The Morgan fingerprint density at radius 1 is 0.950 bits per heavy atom. The topological polar surface area (TPSA) is 86.8 Å². The van der Waals surface area contributed by atoms with Crippen molar-refractivity contribution in [1.82, 2.24) is 10.2 Å². The number of benzene rings is 3. The van der Waals surface area contributed by atoms with Crippen LogP contribution in [0, 0.1) is 13.8 Å². The van der Waals surface area contributed by atoms with Crippen LogP contribution in [0.4, 0.5) is 5.69 Å². The molecule has 0 aliphatic rings. The molecule has 0 aliphatic heterocycles. The highest BCUT2D eigenvalue weighted by molar-refractivity contribution is 7.92. The first-order valence-corrected chi connectivity index (χ1v) is 15.6. The van der Waals surface area contributed by atoms with E-state index in [4.69, 9.17) is 11.6 Å². The number of carbonyl (C=O) groups excluding carboxylic acids is 2. The van der Waals surface area contributed by atoms with E-state index in [1.54, 1.807) is 25.1 Å². The van der Waals surface area contributed by atoms with Gasteiger partial charge in [-0.1, -0.05) is 85.6 Å². The number of nitrogens with zero attached hydrogens (tertiary/aromatic N) is 2. The van der Waals surface area contributed by atoms with Crippen molar-refractivity contribution < 1.29 is 18.0 Å². The van der Waals surface area contributed by atoms with E-state index < -0.39 is 28.5 Å². The third-order valence-electron chi connectivity index (χ3n) is 6.89. The second kappa shape index (κ2) is 14.3. The Bertz CT molecular complexity index is 1410. The molecule has 3 aromatic carbocycles. The van der Waals surface area contributed by atoms with Gasteiger partial charge in [-0.25, -0.2) is 8.42 Å². The molecule has 3 aromatic rings. The number of hydrogen-bond acceptors (Lipinski definition) is 4. The number of halogens is 1. The second-order valence-corrected chi connectivity index (χ2v) is 12.3. The Kier molecular flexibility index (Phi) is 11.2. The van der Waals surface area contributed by atoms with Gasteiger partial charge in [0, 0.05) is 24.5 Å². The molecule has 0 radical (unpaired) electrons. The standard InChI is InChI=1S/C31H38ClN3O4S/c1-5-6-19-33-31(37)29(20-25-14-8-7-9-15-25)34(21-26-16-11-10-13-23(26)2)30(36)22-35(40(4,38)39)28-18-12-17-27(32)24(28)3/h7-18,29H,5-6,19-22H2,1-4H3,(H,33,37)/t29-/m1/s1. The lowest BCUT2D eigenvalue weighted by Crippen LogP contribution is -2.53. The van der Waals surface area contributed by atoms with Crippen LogP contribution in [0.15, 0.2) is 72.8 Å². The minimum absolute atomic E-state index is 0.149. The molecule has 0 unspecified atom stereocenters. The molecule has 1 N–H and O–H groups in total. The largest absolute Gasteiger partial charge is 0.354 e. The highest BCUT2D eigenvalue weighted by Crippen LogP contribution is 2.28. The molecule has 0 aromatic heterocycles. The zero-order valence-electron chi connectivity index (χ0n) is 23.6. The fourth-order valence-corrected chi connectivity index (χ4v) is 5.56. The Labute approximate surface area is 243 Å². The van der Waals surface area contributed by atoms with Crippen molar-refractivity contribution in [2.75, 3.05) is 23.7 Å². The number of sulfonamides is 1. The predicted molar refractivity (Wildman–Crippen MR) is 162 cm³/mol. The Balaban J connectivity index is 2.07. The summed E-state index contributed by atoms with van der Waals surface area (Å²) >= 11 is 6.30. The van der Waals surface area contributed by atoms with E-state index in [2.05, 4.69) is 5.32 Å². The van der Waals surface area contributed by atoms with E-state index in [9.17, 15) is 18.0 Å². The van der Waals surface area contributed by atoms with Crippen molar-refractivity contribution in [1.29, 1.82) is 0 Å². The molecular weight excluding hydrogens is 546 g/mol. The summed E-state index contributed by atoms with van der Waals surface area (Å²) in [6, 6.07) is 21.3. The number of hydrogen-bond donors (Lipinski definition) is 1. The third kappa shape index (κ3) is 8.32. The van der Waals surface area contributed by atoms with Crippen molar-refractivity contribution >= 4 is 39.1 Å². The normalized spacial score (nSPS) is 12.0. The number of nitrogens with one attached hydrogen (secondary N) is 1. The fraction of sp³-hybridized carbons (Fsp3) is 0.355. The summed E-state index contributed by atoms with van der Waals surface area (Å²) in [5, 5.41) is 3.39. The maximum absolute atomic E-state index is 14.2. The Hall–Kier alpha value is -3.36. The maximum Gasteiger partial charge on any atom is 0.244 e. The van der Waals surface area contributed by atoms with E-state index in [0.29, 0.717) is 22.8 Å². The van der Waals surface area contributed by atoms with Gasteiger partial charge in [0.2, 0.25) is 21.8 Å².